The van der Waals surface area contributed by atoms with Crippen molar-refractivity contribution in [2.24, 2.45) is 4.99 Å². The molecule has 1 aliphatic heterocycles. The molecule has 2 amide bonds. The number of amides is 2. The molecule has 0 aromatic heterocycles. The molecule has 0 aromatic carbocycles. The number of nitrogens with zero attached hydrogens (tertiary/aromatic N) is 1. The predicted molar refractivity (Wildman–Crippen MR) is 87.9 cm³/mol. The Morgan fingerprint density at radius 1 is 1.24 bits per heavy atom. The minimum atomic E-state index is -0.799. The van der Waals surface area contributed by atoms with Crippen LogP contribution in [0.25, 0.3) is 0 Å². The molecule has 1 rings (SSSR count). The number of aliphatic imine (C=N–C) groups is 1. The van der Waals surface area contributed by atoms with Crippen LogP contribution in [-0.4, -0.2) is 53.2 Å². The van der Waals surface area contributed by atoms with Gasteiger partial charge in [-0.25, -0.2) is 9.59 Å². The van der Waals surface area contributed by atoms with Crippen molar-refractivity contribution in [3.63, 3.8) is 0 Å². The summed E-state index contributed by atoms with van der Waals surface area (Å²) in [6, 6.07) is 0.0790. The zero-order valence-corrected chi connectivity index (χ0v) is 13.8. The van der Waals surface area contributed by atoms with Gasteiger partial charge in [0.15, 0.2) is 16.0 Å². The van der Waals surface area contributed by atoms with Crippen LogP contribution in [-0.2, 0) is 9.05 Å². The molecule has 1 saturated heterocycles. The van der Waals surface area contributed by atoms with Crippen molar-refractivity contribution in [2.75, 3.05) is 13.1 Å². The van der Waals surface area contributed by atoms with Crippen LogP contribution in [0, 0.1) is 0 Å². The molecule has 1 fully saturated rings. The Labute approximate surface area is 128 Å². The average Bonchev–Trinajstić information content (AvgIpc) is 2.95. The van der Waals surface area contributed by atoms with Crippen molar-refractivity contribution >= 4 is 52.0 Å². The molecule has 1 heterocycles. The molecule has 21 heavy (non-hydrogen) atoms. The summed E-state index contributed by atoms with van der Waals surface area (Å²) in [6.07, 6.45) is -0.641. The van der Waals surface area contributed by atoms with E-state index in [-0.39, 0.29) is 29.9 Å². The number of hydrogen-bond donors (Lipinski definition) is 5. The van der Waals surface area contributed by atoms with Gasteiger partial charge in [-0.1, -0.05) is 0 Å². The highest BCUT2D eigenvalue weighted by Crippen LogP contribution is 2.06. The molecule has 10 nitrogen and oxygen atoms in total. The second-order valence-electron chi connectivity index (χ2n) is 3.88. The monoisotopic (exact) mass is 334 g/mol. The molecule has 0 spiro atoms. The van der Waals surface area contributed by atoms with Crippen molar-refractivity contribution < 1.29 is 18.6 Å². The number of guanidine groups is 1. The number of carbonyl (C=O) groups is 2. The fourth-order valence-corrected chi connectivity index (χ4v) is 1.98. The average molecular weight is 334 g/mol. The Morgan fingerprint density at radius 3 is 2.57 bits per heavy atom. The molecule has 1 aliphatic rings. The quantitative estimate of drug-likeness (QED) is 0.161. The Kier molecular flexibility index (Phi) is 9.29. The van der Waals surface area contributed by atoms with Crippen LogP contribution in [0.5, 0.6) is 0 Å². The van der Waals surface area contributed by atoms with Gasteiger partial charge in [-0.2, -0.15) is 0 Å². The Bertz CT molecular complexity index is 384. The smallest absolute Gasteiger partial charge is 0.416 e. The topological polar surface area (TPSA) is 125 Å². The largest absolute Gasteiger partial charge is 0.440 e. The lowest BCUT2D eigenvalue weighted by Crippen LogP contribution is -2.46. The van der Waals surface area contributed by atoms with Crippen LogP contribution in [0.15, 0.2) is 4.99 Å². The normalized spacial score (nSPS) is 19.2. The minimum absolute atomic E-state index is 0.0144. The van der Waals surface area contributed by atoms with Crippen molar-refractivity contribution in [3.05, 3.63) is 0 Å². The van der Waals surface area contributed by atoms with E-state index in [9.17, 15) is 9.59 Å². The maximum atomic E-state index is 11.5. The summed E-state index contributed by atoms with van der Waals surface area (Å²) in [6.45, 7) is 1.59. The molecule has 116 valence electrons. The Morgan fingerprint density at radius 2 is 1.95 bits per heavy atom. The zero-order chi connectivity index (χ0) is 15.5. The van der Waals surface area contributed by atoms with Gasteiger partial charge < -0.3 is 29.7 Å². The third kappa shape index (κ3) is 8.18. The van der Waals surface area contributed by atoms with Crippen LogP contribution in [0.4, 0.5) is 9.59 Å². The lowest BCUT2D eigenvalue weighted by molar-refractivity contribution is 0.211. The van der Waals surface area contributed by atoms with E-state index in [4.69, 9.17) is 9.05 Å². The lowest BCUT2D eigenvalue weighted by Gasteiger charge is -2.15. The third-order valence-electron chi connectivity index (χ3n) is 2.31. The first kappa shape index (κ1) is 18.1. The molecule has 2 unspecified atom stereocenters. The first-order chi connectivity index (χ1) is 10.2. The molecule has 0 aromatic rings. The van der Waals surface area contributed by atoms with E-state index >= 15 is 0 Å². The number of rotatable bonds is 5. The van der Waals surface area contributed by atoms with Crippen LogP contribution in [0.1, 0.15) is 6.42 Å². The lowest BCUT2D eigenvalue weighted by atomic mass is 10.3. The zero-order valence-electron chi connectivity index (χ0n) is 11.8. The number of hydrogen-bond acceptors (Lipinski definition) is 7. The van der Waals surface area contributed by atoms with Gasteiger partial charge in [-0.3, -0.25) is 5.32 Å². The van der Waals surface area contributed by atoms with E-state index in [1.807, 2.05) is 0 Å². The Balaban J connectivity index is 2.57. The van der Waals surface area contributed by atoms with Crippen LogP contribution in [0.2, 0.25) is 0 Å². The summed E-state index contributed by atoms with van der Waals surface area (Å²) < 4.78 is 9.60. The molecule has 0 aliphatic carbocycles. The predicted octanol–water partition coefficient (Wildman–Crippen LogP) is -2.55. The summed E-state index contributed by atoms with van der Waals surface area (Å²) in [5.74, 6) is 0.0144. The van der Waals surface area contributed by atoms with Gasteiger partial charge >= 0.3 is 12.2 Å². The van der Waals surface area contributed by atoms with E-state index in [1.165, 1.54) is 0 Å². The highest BCUT2D eigenvalue weighted by molar-refractivity contribution is 7.32. The molecule has 0 radical (unpaired) electrons. The van der Waals surface area contributed by atoms with Crippen molar-refractivity contribution in [3.8, 4) is 0 Å². The highest BCUT2D eigenvalue weighted by atomic mass is 31.1. The van der Waals surface area contributed by atoms with Gasteiger partial charge in [0.1, 0.15) is 17.9 Å². The van der Waals surface area contributed by atoms with E-state index in [2.05, 4.69) is 30.9 Å². The maximum absolute atomic E-state index is 11.5. The third-order valence-corrected chi connectivity index (χ3v) is 3.28. The molecule has 0 saturated carbocycles. The molecule has 14 heteroatoms. The first-order valence-corrected chi connectivity index (χ1v) is 8.05. The summed E-state index contributed by atoms with van der Waals surface area (Å²) >= 11 is 0. The Hall–Kier alpha value is -0.920. The summed E-state index contributed by atoms with van der Waals surface area (Å²) in [4.78, 5) is 32.0. The van der Waals surface area contributed by atoms with Gasteiger partial charge in [-0.05, 0) is 13.0 Å². The van der Waals surface area contributed by atoms with Gasteiger partial charge in [0, 0.05) is 12.6 Å². The molecular formula is C7H18B2N6O4P2. The number of carbonyl (C=O) groups excluding carboxylic acids is 2. The van der Waals surface area contributed by atoms with Crippen molar-refractivity contribution in [2.45, 2.75) is 12.5 Å². The second-order valence-corrected chi connectivity index (χ2v) is 5.70. The highest BCUT2D eigenvalue weighted by Gasteiger charge is 2.18. The van der Waals surface area contributed by atoms with Crippen LogP contribution < -0.4 is 25.9 Å². The fourth-order valence-electron chi connectivity index (χ4n) is 1.50. The summed E-state index contributed by atoms with van der Waals surface area (Å²) in [5.41, 5.74) is 0. The van der Waals surface area contributed by atoms with Gasteiger partial charge in [0.25, 0.3) is 0 Å². The van der Waals surface area contributed by atoms with Gasteiger partial charge in [0.2, 0.25) is 5.96 Å². The summed E-state index contributed by atoms with van der Waals surface area (Å²) in [7, 11) is 2.92. The van der Waals surface area contributed by atoms with Crippen molar-refractivity contribution in [1.29, 1.82) is 0 Å². The van der Waals surface area contributed by atoms with E-state index in [0.717, 1.165) is 19.5 Å². The van der Waals surface area contributed by atoms with Crippen molar-refractivity contribution in [1.82, 2.24) is 25.9 Å². The first-order valence-electron chi connectivity index (χ1n) is 6.23. The standard InChI is InChI=1S/C7H18B2N6O4P2/c8-14-20-18-6(16)12-5(11-4-1-2-10-3-4)13-7(17)19-21-15-9/h4,10,14-15,20-21H,1-3,8-9H2,(H2,11,12,13,16,17)/t4-/m1/s1. The SMILES string of the molecule is BNPOC(=O)/N=C(/NC(=O)OPNB)N[C@@H]1CCNC1. The fraction of sp³-hybridized carbons (Fsp3) is 0.571. The summed E-state index contributed by atoms with van der Waals surface area (Å²) in [5, 5.41) is 8.51. The molecule has 0 bridgehead atoms. The van der Waals surface area contributed by atoms with E-state index in [0.29, 0.717) is 0 Å². The van der Waals surface area contributed by atoms with Gasteiger partial charge in [0.05, 0.1) is 0 Å². The van der Waals surface area contributed by atoms with E-state index in [1.54, 1.807) is 16.0 Å². The molecule has 3 atom stereocenters. The minimum Gasteiger partial charge on any atom is -0.416 e. The van der Waals surface area contributed by atoms with Crippen LogP contribution >= 0.6 is 17.9 Å². The molecular weight excluding hydrogens is 316 g/mol. The van der Waals surface area contributed by atoms with E-state index < -0.39 is 12.2 Å². The van der Waals surface area contributed by atoms with Gasteiger partial charge in [-0.15, -0.1) is 4.99 Å². The van der Waals surface area contributed by atoms with Crippen LogP contribution in [0.3, 0.4) is 0 Å². The second kappa shape index (κ2) is 10.8. The number of nitrogens with one attached hydrogen (secondary N) is 5. The molecule has 5 N–H and O–H groups in total. The maximum Gasteiger partial charge on any atom is 0.440 e.